The number of esters is 1. The molecule has 1 heterocycles. The fraction of sp³-hybridized carbons (Fsp3) is 0.281. The summed E-state index contributed by atoms with van der Waals surface area (Å²) in [5.41, 5.74) is 8.00. The number of fused-ring (bicyclic) bond motifs is 1. The van der Waals surface area contributed by atoms with Crippen LogP contribution in [0.1, 0.15) is 32.1 Å². The Morgan fingerprint density at radius 1 is 0.929 bits per heavy atom. The standard InChI is InChI=1S/C32H34N4O6/c1-39-29-19-25-27(20-30(29)40-18-16-26(33)31(37)42-23-9-5-6-10-23)34-17-15-28(25)41-24-13-11-22(12-14-24)36-32(38)35-21-7-3-2-4-8-21/h2-4,7-8,11-15,17,19-20,23,26H,5-6,9-10,16,18,33H2,1H3,(H2,35,36,38)/t26-/m0/s1. The van der Waals surface area contributed by atoms with Gasteiger partial charge in [0.15, 0.2) is 11.5 Å². The number of benzene rings is 3. The van der Waals surface area contributed by atoms with E-state index in [1.807, 2.05) is 30.3 Å². The van der Waals surface area contributed by atoms with Gasteiger partial charge in [-0.1, -0.05) is 18.2 Å². The molecule has 0 spiro atoms. The highest BCUT2D eigenvalue weighted by Gasteiger charge is 2.23. The van der Waals surface area contributed by atoms with Crippen LogP contribution < -0.4 is 30.6 Å². The monoisotopic (exact) mass is 570 g/mol. The number of amides is 2. The second kappa shape index (κ2) is 13.7. The molecular weight excluding hydrogens is 536 g/mol. The lowest BCUT2D eigenvalue weighted by atomic mass is 10.1. The van der Waals surface area contributed by atoms with Gasteiger partial charge in [0.1, 0.15) is 23.6 Å². The van der Waals surface area contributed by atoms with Crippen molar-refractivity contribution >= 4 is 34.3 Å². The number of aromatic nitrogens is 1. The molecule has 0 radical (unpaired) electrons. The lowest BCUT2D eigenvalue weighted by molar-refractivity contribution is -0.150. The van der Waals surface area contributed by atoms with Gasteiger partial charge in [-0.15, -0.1) is 0 Å². The third-order valence-corrected chi connectivity index (χ3v) is 6.93. The van der Waals surface area contributed by atoms with Crippen LogP contribution in [0, 0.1) is 0 Å². The molecule has 1 saturated carbocycles. The van der Waals surface area contributed by atoms with Crippen molar-refractivity contribution in [2.24, 2.45) is 5.73 Å². The van der Waals surface area contributed by atoms with Gasteiger partial charge in [-0.3, -0.25) is 9.78 Å². The highest BCUT2D eigenvalue weighted by Crippen LogP contribution is 2.37. The van der Waals surface area contributed by atoms with Gasteiger partial charge in [-0.05, 0) is 74.2 Å². The Bertz CT molecular complexity index is 1510. The molecule has 0 aliphatic heterocycles. The number of ether oxygens (including phenoxy) is 4. The summed E-state index contributed by atoms with van der Waals surface area (Å²) in [6.45, 7) is 0.211. The fourth-order valence-corrected chi connectivity index (χ4v) is 4.71. The normalized spacial score (nSPS) is 13.8. The molecule has 10 heteroatoms. The van der Waals surface area contributed by atoms with E-state index in [0.29, 0.717) is 46.3 Å². The number of urea groups is 1. The van der Waals surface area contributed by atoms with E-state index < -0.39 is 12.0 Å². The van der Waals surface area contributed by atoms with Crippen molar-refractivity contribution in [3.05, 3.63) is 79.0 Å². The van der Waals surface area contributed by atoms with Crippen LogP contribution in [0.4, 0.5) is 16.2 Å². The molecule has 0 unspecified atom stereocenters. The number of anilines is 2. The molecule has 2 amide bonds. The molecule has 1 aromatic heterocycles. The van der Waals surface area contributed by atoms with Crippen LogP contribution >= 0.6 is 0 Å². The molecule has 0 bridgehead atoms. The van der Waals surface area contributed by atoms with E-state index in [2.05, 4.69) is 15.6 Å². The van der Waals surface area contributed by atoms with E-state index in [1.54, 1.807) is 55.8 Å². The van der Waals surface area contributed by atoms with Gasteiger partial charge in [0.05, 0.1) is 19.2 Å². The molecule has 3 aromatic carbocycles. The first kappa shape index (κ1) is 28.7. The molecule has 1 atom stereocenters. The quantitative estimate of drug-likeness (QED) is 0.180. The van der Waals surface area contributed by atoms with Crippen LogP contribution in [0.5, 0.6) is 23.0 Å². The van der Waals surface area contributed by atoms with Gasteiger partial charge in [0.2, 0.25) is 0 Å². The van der Waals surface area contributed by atoms with Crippen molar-refractivity contribution in [3.8, 4) is 23.0 Å². The Balaban J connectivity index is 1.20. The second-order valence-corrected chi connectivity index (χ2v) is 9.99. The first-order chi connectivity index (χ1) is 20.5. The van der Waals surface area contributed by atoms with Crippen molar-refractivity contribution in [1.82, 2.24) is 4.98 Å². The smallest absolute Gasteiger partial charge is 0.323 e. The van der Waals surface area contributed by atoms with E-state index in [9.17, 15) is 9.59 Å². The van der Waals surface area contributed by atoms with E-state index >= 15 is 0 Å². The molecule has 4 N–H and O–H groups in total. The Hall–Kier alpha value is -4.83. The molecule has 42 heavy (non-hydrogen) atoms. The predicted molar refractivity (Wildman–Crippen MR) is 160 cm³/mol. The molecule has 5 rings (SSSR count). The van der Waals surface area contributed by atoms with Gasteiger partial charge in [-0.25, -0.2) is 4.79 Å². The van der Waals surface area contributed by atoms with E-state index in [1.165, 1.54) is 0 Å². The average molecular weight is 571 g/mol. The molecular formula is C32H34N4O6. The molecule has 10 nitrogen and oxygen atoms in total. The zero-order valence-electron chi connectivity index (χ0n) is 23.4. The number of pyridine rings is 1. The minimum atomic E-state index is -0.755. The summed E-state index contributed by atoms with van der Waals surface area (Å²) in [6.07, 6.45) is 5.90. The largest absolute Gasteiger partial charge is 0.493 e. The van der Waals surface area contributed by atoms with Crippen LogP contribution in [0.3, 0.4) is 0 Å². The predicted octanol–water partition coefficient (Wildman–Crippen LogP) is 6.26. The SMILES string of the molecule is COc1cc2c(Oc3ccc(NC(=O)Nc4ccccc4)cc3)ccnc2cc1OCC[C@H](N)C(=O)OC1CCCC1. The van der Waals surface area contributed by atoms with Gasteiger partial charge in [-0.2, -0.15) is 0 Å². The van der Waals surface area contributed by atoms with Crippen LogP contribution in [-0.4, -0.2) is 42.8 Å². The first-order valence-corrected chi connectivity index (χ1v) is 13.9. The van der Waals surface area contributed by atoms with Crippen molar-refractivity contribution in [1.29, 1.82) is 0 Å². The number of carbonyl (C=O) groups excluding carboxylic acids is 2. The van der Waals surface area contributed by atoms with E-state index in [4.69, 9.17) is 24.7 Å². The summed E-state index contributed by atoms with van der Waals surface area (Å²) in [5.74, 6) is 1.73. The van der Waals surface area contributed by atoms with E-state index in [0.717, 1.165) is 31.1 Å². The molecule has 0 saturated heterocycles. The number of hydrogen-bond acceptors (Lipinski definition) is 8. The van der Waals surface area contributed by atoms with Gasteiger partial charge >= 0.3 is 12.0 Å². The number of nitrogens with zero attached hydrogens (tertiary/aromatic N) is 1. The lowest BCUT2D eigenvalue weighted by Gasteiger charge is -2.17. The maximum absolute atomic E-state index is 12.3. The minimum Gasteiger partial charge on any atom is -0.493 e. The van der Waals surface area contributed by atoms with Crippen LogP contribution in [0.25, 0.3) is 10.9 Å². The topological polar surface area (TPSA) is 134 Å². The Morgan fingerprint density at radius 3 is 2.36 bits per heavy atom. The van der Waals surface area contributed by atoms with Crippen LogP contribution in [0.15, 0.2) is 79.0 Å². The summed E-state index contributed by atoms with van der Waals surface area (Å²) in [7, 11) is 1.55. The summed E-state index contributed by atoms with van der Waals surface area (Å²) >= 11 is 0. The summed E-state index contributed by atoms with van der Waals surface area (Å²) in [6, 6.07) is 20.5. The van der Waals surface area contributed by atoms with Crippen LogP contribution in [0.2, 0.25) is 0 Å². The third kappa shape index (κ3) is 7.46. The minimum absolute atomic E-state index is 0.0198. The van der Waals surface area contributed by atoms with Gasteiger partial charge in [0, 0.05) is 35.4 Å². The number of hydrogen-bond donors (Lipinski definition) is 3. The van der Waals surface area contributed by atoms with E-state index in [-0.39, 0.29) is 18.7 Å². The zero-order valence-corrected chi connectivity index (χ0v) is 23.4. The maximum Gasteiger partial charge on any atom is 0.323 e. The second-order valence-electron chi connectivity index (χ2n) is 9.99. The van der Waals surface area contributed by atoms with Crippen molar-refractivity contribution in [2.75, 3.05) is 24.4 Å². The average Bonchev–Trinajstić information content (AvgIpc) is 3.51. The molecule has 1 fully saturated rings. The fourth-order valence-electron chi connectivity index (χ4n) is 4.71. The molecule has 4 aromatic rings. The number of nitrogens with two attached hydrogens (primary N) is 1. The summed E-state index contributed by atoms with van der Waals surface area (Å²) < 4.78 is 23.1. The molecule has 1 aliphatic carbocycles. The summed E-state index contributed by atoms with van der Waals surface area (Å²) in [4.78, 5) is 29.0. The van der Waals surface area contributed by atoms with Crippen molar-refractivity contribution < 1.29 is 28.5 Å². The van der Waals surface area contributed by atoms with Crippen molar-refractivity contribution in [3.63, 3.8) is 0 Å². The number of carbonyl (C=O) groups is 2. The Labute approximate surface area is 244 Å². The first-order valence-electron chi connectivity index (χ1n) is 13.9. The summed E-state index contributed by atoms with van der Waals surface area (Å²) in [5, 5.41) is 6.30. The number of para-hydroxylation sites is 1. The molecule has 218 valence electrons. The third-order valence-electron chi connectivity index (χ3n) is 6.93. The van der Waals surface area contributed by atoms with Gasteiger partial charge < -0.3 is 35.3 Å². The molecule has 1 aliphatic rings. The van der Waals surface area contributed by atoms with Crippen molar-refractivity contribution in [2.45, 2.75) is 44.2 Å². The zero-order chi connectivity index (χ0) is 29.3. The Morgan fingerprint density at radius 2 is 1.64 bits per heavy atom. The number of methoxy groups -OCH3 is 1. The highest BCUT2D eigenvalue weighted by molar-refractivity contribution is 5.99. The number of rotatable bonds is 11. The number of nitrogens with one attached hydrogen (secondary N) is 2. The maximum atomic E-state index is 12.3. The van der Waals surface area contributed by atoms with Gasteiger partial charge in [0.25, 0.3) is 0 Å². The van der Waals surface area contributed by atoms with Crippen LogP contribution in [-0.2, 0) is 9.53 Å². The highest BCUT2D eigenvalue weighted by atomic mass is 16.5. The lowest BCUT2D eigenvalue weighted by Crippen LogP contribution is -2.35. The Kier molecular flexibility index (Phi) is 9.35.